The van der Waals surface area contributed by atoms with Gasteiger partial charge in [0, 0.05) is 4.47 Å². The molecule has 5 nitrogen and oxygen atoms in total. The highest BCUT2D eigenvalue weighted by atomic mass is 79.9. The van der Waals surface area contributed by atoms with Gasteiger partial charge in [0.1, 0.15) is 11.8 Å². The van der Waals surface area contributed by atoms with Crippen molar-refractivity contribution in [2.75, 3.05) is 0 Å². The first-order valence-electron chi connectivity index (χ1n) is 5.35. The lowest BCUT2D eigenvalue weighted by Gasteiger charge is -2.16. The summed E-state index contributed by atoms with van der Waals surface area (Å²) in [7, 11) is 0. The number of ether oxygens (including phenoxy) is 1. The lowest BCUT2D eigenvalue weighted by Crippen LogP contribution is -2.44. The molecule has 0 saturated carbocycles. The van der Waals surface area contributed by atoms with Gasteiger partial charge in [0.25, 0.3) is 5.91 Å². The Balaban J connectivity index is 2.57. The van der Waals surface area contributed by atoms with Crippen LogP contribution in [0.25, 0.3) is 0 Å². The average molecular weight is 316 g/mol. The molecule has 0 aliphatic rings. The molecule has 0 aliphatic heterocycles. The zero-order chi connectivity index (χ0) is 13.7. The highest BCUT2D eigenvalue weighted by Gasteiger charge is 2.20. The summed E-state index contributed by atoms with van der Waals surface area (Å²) in [6.45, 7) is 2.96. The molecule has 6 heteroatoms. The number of nitrogens with one attached hydrogen (secondary N) is 1. The Morgan fingerprint density at radius 1 is 1.39 bits per heavy atom. The Labute approximate surface area is 113 Å². The van der Waals surface area contributed by atoms with Crippen LogP contribution in [0.15, 0.2) is 28.7 Å². The summed E-state index contributed by atoms with van der Waals surface area (Å²) in [6, 6.07) is 6.12. The molecule has 1 rings (SSSR count). The number of hydrogen-bond donors (Lipinski definition) is 2. The van der Waals surface area contributed by atoms with E-state index in [2.05, 4.69) is 21.2 Å². The molecule has 0 bridgehead atoms. The summed E-state index contributed by atoms with van der Waals surface area (Å²) in [4.78, 5) is 22.2. The fourth-order valence-electron chi connectivity index (χ4n) is 1.19. The van der Waals surface area contributed by atoms with E-state index in [0.29, 0.717) is 5.75 Å². The highest BCUT2D eigenvalue weighted by molar-refractivity contribution is 9.10. The molecule has 0 aromatic heterocycles. The summed E-state index contributed by atoms with van der Waals surface area (Å²) in [6.07, 6.45) is -0.763. The molecule has 1 aromatic rings. The van der Waals surface area contributed by atoms with E-state index in [1.54, 1.807) is 25.1 Å². The minimum atomic E-state index is -1.09. The van der Waals surface area contributed by atoms with Crippen molar-refractivity contribution in [3.63, 3.8) is 0 Å². The van der Waals surface area contributed by atoms with Crippen molar-refractivity contribution in [3.05, 3.63) is 28.7 Å². The molecule has 0 aliphatic carbocycles. The molecular weight excluding hydrogens is 302 g/mol. The maximum Gasteiger partial charge on any atom is 0.325 e. The molecule has 0 spiro atoms. The lowest BCUT2D eigenvalue weighted by molar-refractivity contribution is -0.142. The van der Waals surface area contributed by atoms with Crippen LogP contribution in [0.1, 0.15) is 13.8 Å². The molecule has 0 fully saturated rings. The van der Waals surface area contributed by atoms with E-state index in [0.717, 1.165) is 4.47 Å². The van der Waals surface area contributed by atoms with Crippen LogP contribution in [0, 0.1) is 0 Å². The normalized spacial score (nSPS) is 13.5. The molecule has 2 atom stereocenters. The van der Waals surface area contributed by atoms with Crippen molar-refractivity contribution < 1.29 is 19.4 Å². The number of amides is 1. The van der Waals surface area contributed by atoms with Gasteiger partial charge in [-0.05, 0) is 32.0 Å². The topological polar surface area (TPSA) is 75.6 Å². The van der Waals surface area contributed by atoms with E-state index in [9.17, 15) is 9.59 Å². The molecule has 0 heterocycles. The number of carbonyl (C=O) groups excluding carboxylic acids is 1. The first-order valence-corrected chi connectivity index (χ1v) is 6.15. The van der Waals surface area contributed by atoms with Crippen LogP contribution >= 0.6 is 15.9 Å². The number of halogens is 1. The number of aliphatic carboxylic acids is 1. The molecule has 2 N–H and O–H groups in total. The predicted octanol–water partition coefficient (Wildman–Crippen LogP) is 1.81. The van der Waals surface area contributed by atoms with Gasteiger partial charge < -0.3 is 15.2 Å². The van der Waals surface area contributed by atoms with Crippen LogP contribution in [0.4, 0.5) is 0 Å². The maximum absolute atomic E-state index is 11.6. The minimum absolute atomic E-state index is 0.468. The standard InChI is InChI=1S/C12H14BrNO4/c1-7(12(16)17)14-11(15)8(2)18-10-5-3-4-9(13)6-10/h3-8H,1-2H3,(H,14,15)(H,16,17)/t7-,8?/m0/s1. The van der Waals surface area contributed by atoms with E-state index in [1.807, 2.05) is 6.07 Å². The quantitative estimate of drug-likeness (QED) is 0.869. The van der Waals surface area contributed by atoms with E-state index >= 15 is 0 Å². The van der Waals surface area contributed by atoms with Crippen LogP contribution in [0.5, 0.6) is 5.75 Å². The third-order valence-electron chi connectivity index (χ3n) is 2.21. The lowest BCUT2D eigenvalue weighted by atomic mass is 10.3. The van der Waals surface area contributed by atoms with Crippen molar-refractivity contribution in [1.82, 2.24) is 5.32 Å². The first-order chi connectivity index (χ1) is 8.40. The van der Waals surface area contributed by atoms with Crippen LogP contribution in [-0.4, -0.2) is 29.1 Å². The predicted molar refractivity (Wildman–Crippen MR) is 69.5 cm³/mol. The van der Waals surface area contributed by atoms with Gasteiger partial charge in [0.2, 0.25) is 0 Å². The zero-order valence-corrected chi connectivity index (χ0v) is 11.6. The molecule has 98 valence electrons. The second-order valence-electron chi connectivity index (χ2n) is 3.79. The highest BCUT2D eigenvalue weighted by Crippen LogP contribution is 2.18. The van der Waals surface area contributed by atoms with Gasteiger partial charge in [-0.1, -0.05) is 22.0 Å². The molecule has 0 saturated heterocycles. The van der Waals surface area contributed by atoms with Gasteiger partial charge in [-0.15, -0.1) is 0 Å². The molecular formula is C12H14BrNO4. The summed E-state index contributed by atoms with van der Waals surface area (Å²) < 4.78 is 6.24. The minimum Gasteiger partial charge on any atom is -0.481 e. The number of benzene rings is 1. The number of carboxylic acids is 1. The van der Waals surface area contributed by atoms with Crippen molar-refractivity contribution in [2.45, 2.75) is 26.0 Å². The number of hydrogen-bond acceptors (Lipinski definition) is 3. The number of carboxylic acid groups (broad SMARTS) is 1. The van der Waals surface area contributed by atoms with Gasteiger partial charge in [-0.2, -0.15) is 0 Å². The smallest absolute Gasteiger partial charge is 0.325 e. The Morgan fingerprint density at radius 3 is 2.61 bits per heavy atom. The second kappa shape index (κ2) is 6.39. The van der Waals surface area contributed by atoms with E-state index in [-0.39, 0.29) is 0 Å². The number of carbonyl (C=O) groups is 2. The third kappa shape index (κ3) is 4.37. The monoisotopic (exact) mass is 315 g/mol. The first kappa shape index (κ1) is 14.5. The fourth-order valence-corrected chi connectivity index (χ4v) is 1.57. The van der Waals surface area contributed by atoms with E-state index in [4.69, 9.17) is 9.84 Å². The van der Waals surface area contributed by atoms with E-state index in [1.165, 1.54) is 6.92 Å². The van der Waals surface area contributed by atoms with Crippen molar-refractivity contribution >= 4 is 27.8 Å². The SMILES string of the molecule is CC(Oc1cccc(Br)c1)C(=O)N[C@@H](C)C(=O)O. The van der Waals surface area contributed by atoms with Gasteiger partial charge in [0.05, 0.1) is 0 Å². The maximum atomic E-state index is 11.6. The zero-order valence-electron chi connectivity index (χ0n) is 10.0. The number of rotatable bonds is 5. The summed E-state index contributed by atoms with van der Waals surface area (Å²) in [5.74, 6) is -1.02. The van der Waals surface area contributed by atoms with Gasteiger partial charge in [-0.25, -0.2) is 0 Å². The van der Waals surface area contributed by atoms with Crippen molar-refractivity contribution in [3.8, 4) is 5.75 Å². The van der Waals surface area contributed by atoms with Gasteiger partial charge in [-0.3, -0.25) is 9.59 Å². The fraction of sp³-hybridized carbons (Fsp3) is 0.333. The van der Waals surface area contributed by atoms with Crippen LogP contribution in [0.3, 0.4) is 0 Å². The summed E-state index contributed by atoms with van der Waals surface area (Å²) in [5.41, 5.74) is 0. The van der Waals surface area contributed by atoms with Gasteiger partial charge >= 0.3 is 5.97 Å². The molecule has 0 radical (unpaired) electrons. The Kier molecular flexibility index (Phi) is 5.15. The second-order valence-corrected chi connectivity index (χ2v) is 4.70. The van der Waals surface area contributed by atoms with Crippen molar-refractivity contribution in [2.24, 2.45) is 0 Å². The summed E-state index contributed by atoms with van der Waals surface area (Å²) >= 11 is 3.29. The largest absolute Gasteiger partial charge is 0.481 e. The molecule has 1 amide bonds. The molecule has 1 aromatic carbocycles. The van der Waals surface area contributed by atoms with Crippen LogP contribution < -0.4 is 10.1 Å². The van der Waals surface area contributed by atoms with Crippen molar-refractivity contribution in [1.29, 1.82) is 0 Å². The summed E-state index contributed by atoms with van der Waals surface area (Å²) in [5, 5.41) is 11.0. The third-order valence-corrected chi connectivity index (χ3v) is 2.70. The Hall–Kier alpha value is -1.56. The molecule has 1 unspecified atom stereocenters. The Morgan fingerprint density at radius 2 is 2.06 bits per heavy atom. The van der Waals surface area contributed by atoms with Crippen LogP contribution in [-0.2, 0) is 9.59 Å². The Bertz CT molecular complexity index is 449. The van der Waals surface area contributed by atoms with Gasteiger partial charge in [0.15, 0.2) is 6.10 Å². The van der Waals surface area contributed by atoms with E-state index < -0.39 is 24.0 Å². The average Bonchev–Trinajstić information content (AvgIpc) is 2.28. The molecule has 18 heavy (non-hydrogen) atoms. The van der Waals surface area contributed by atoms with Crippen LogP contribution in [0.2, 0.25) is 0 Å².